The van der Waals surface area contributed by atoms with Gasteiger partial charge in [0.1, 0.15) is 5.82 Å². The topological polar surface area (TPSA) is 79.4 Å². The van der Waals surface area contributed by atoms with E-state index in [1.54, 1.807) is 6.07 Å². The van der Waals surface area contributed by atoms with Gasteiger partial charge < -0.3 is 5.32 Å². The summed E-state index contributed by atoms with van der Waals surface area (Å²) in [6.07, 6.45) is 4.92. The summed E-state index contributed by atoms with van der Waals surface area (Å²) >= 11 is 12.4. The Kier molecular flexibility index (Phi) is 5.24. The standard InChI is InChI=1S/C19H19Cl2N3O3S/c20-14-7-13(12-3-4-12)8-15(9-14)23-19(25)16-10-18(22-11-17(16)21)24-5-1-2-6-28(24,26)27/h7-12H,1-6H2,(H,23,25). The van der Waals surface area contributed by atoms with Gasteiger partial charge in [-0.2, -0.15) is 0 Å². The van der Waals surface area contributed by atoms with Crippen LogP contribution in [-0.2, 0) is 10.0 Å². The number of pyridine rings is 1. The molecule has 1 aromatic heterocycles. The number of benzene rings is 1. The molecule has 2 aromatic rings. The number of carbonyl (C=O) groups excluding carboxylic acids is 1. The van der Waals surface area contributed by atoms with Crippen molar-refractivity contribution >= 4 is 50.6 Å². The molecule has 2 aliphatic rings. The van der Waals surface area contributed by atoms with Crippen LogP contribution in [0.4, 0.5) is 11.5 Å². The molecule has 1 saturated heterocycles. The van der Waals surface area contributed by atoms with Gasteiger partial charge in [-0.25, -0.2) is 13.4 Å². The third-order valence-electron chi connectivity index (χ3n) is 4.92. The van der Waals surface area contributed by atoms with Crippen LogP contribution in [0.25, 0.3) is 0 Å². The fraction of sp³-hybridized carbons (Fsp3) is 0.368. The molecule has 2 heterocycles. The molecule has 28 heavy (non-hydrogen) atoms. The van der Waals surface area contributed by atoms with E-state index in [0.29, 0.717) is 29.6 Å². The largest absolute Gasteiger partial charge is 0.322 e. The minimum Gasteiger partial charge on any atom is -0.322 e. The van der Waals surface area contributed by atoms with Crippen LogP contribution in [0.2, 0.25) is 10.0 Å². The summed E-state index contributed by atoms with van der Waals surface area (Å²) < 4.78 is 25.9. The summed E-state index contributed by atoms with van der Waals surface area (Å²) in [7, 11) is -3.43. The normalized spacial score (nSPS) is 18.7. The van der Waals surface area contributed by atoms with Gasteiger partial charge in [0, 0.05) is 23.5 Å². The minimum absolute atomic E-state index is 0.0747. The first-order valence-corrected chi connectivity index (χ1v) is 11.5. The Hall–Kier alpha value is -1.83. The Bertz CT molecular complexity index is 1040. The van der Waals surface area contributed by atoms with Crippen LogP contribution < -0.4 is 9.62 Å². The number of rotatable bonds is 4. The van der Waals surface area contributed by atoms with Crippen LogP contribution in [0, 0.1) is 0 Å². The lowest BCUT2D eigenvalue weighted by Crippen LogP contribution is -2.38. The molecule has 9 heteroatoms. The minimum atomic E-state index is -3.43. The van der Waals surface area contributed by atoms with E-state index in [-0.39, 0.29) is 22.2 Å². The van der Waals surface area contributed by atoms with Crippen molar-refractivity contribution in [2.45, 2.75) is 31.6 Å². The summed E-state index contributed by atoms with van der Waals surface area (Å²) in [5.74, 6) is 0.339. The Balaban J connectivity index is 1.61. The zero-order valence-electron chi connectivity index (χ0n) is 15.0. The van der Waals surface area contributed by atoms with Crippen LogP contribution >= 0.6 is 23.2 Å². The van der Waals surface area contributed by atoms with Crippen LogP contribution in [0.5, 0.6) is 0 Å². The second-order valence-corrected chi connectivity index (χ2v) is 9.98. The highest BCUT2D eigenvalue weighted by Crippen LogP contribution is 2.42. The van der Waals surface area contributed by atoms with Gasteiger partial charge in [-0.1, -0.05) is 23.2 Å². The predicted molar refractivity (Wildman–Crippen MR) is 111 cm³/mol. The number of halogens is 2. The van der Waals surface area contributed by atoms with Crippen molar-refractivity contribution in [2.75, 3.05) is 21.9 Å². The van der Waals surface area contributed by atoms with E-state index in [9.17, 15) is 13.2 Å². The summed E-state index contributed by atoms with van der Waals surface area (Å²) in [4.78, 5) is 16.9. The highest BCUT2D eigenvalue weighted by molar-refractivity contribution is 7.92. The van der Waals surface area contributed by atoms with Gasteiger partial charge in [0.25, 0.3) is 5.91 Å². The van der Waals surface area contributed by atoms with Crippen molar-refractivity contribution in [2.24, 2.45) is 0 Å². The Morgan fingerprint density at radius 1 is 1.14 bits per heavy atom. The quantitative estimate of drug-likeness (QED) is 0.762. The number of carbonyl (C=O) groups is 1. The zero-order chi connectivity index (χ0) is 19.9. The molecule has 0 radical (unpaired) electrons. The lowest BCUT2D eigenvalue weighted by atomic mass is 10.1. The zero-order valence-corrected chi connectivity index (χ0v) is 17.3. The van der Waals surface area contributed by atoms with E-state index >= 15 is 0 Å². The molecule has 0 unspecified atom stereocenters. The number of nitrogens with one attached hydrogen (secondary N) is 1. The average molecular weight is 440 g/mol. The summed E-state index contributed by atoms with van der Waals surface area (Å²) in [5.41, 5.74) is 1.85. The molecule has 1 aliphatic heterocycles. The number of aromatic nitrogens is 1. The van der Waals surface area contributed by atoms with E-state index in [1.807, 2.05) is 12.1 Å². The van der Waals surface area contributed by atoms with Gasteiger partial charge in [-0.3, -0.25) is 9.10 Å². The smallest absolute Gasteiger partial charge is 0.257 e. The fourth-order valence-corrected chi connectivity index (χ4v) is 5.33. The van der Waals surface area contributed by atoms with Gasteiger partial charge in [0.15, 0.2) is 0 Å². The van der Waals surface area contributed by atoms with Crippen LogP contribution in [0.3, 0.4) is 0 Å². The van der Waals surface area contributed by atoms with Crippen molar-refractivity contribution in [3.05, 3.63) is 51.6 Å². The van der Waals surface area contributed by atoms with Crippen molar-refractivity contribution in [1.82, 2.24) is 4.98 Å². The predicted octanol–water partition coefficient (Wildman–Crippen LogP) is 4.45. The molecule has 0 atom stereocenters. The molecule has 1 aromatic carbocycles. The third-order valence-corrected chi connectivity index (χ3v) is 7.28. The first-order valence-electron chi connectivity index (χ1n) is 9.11. The van der Waals surface area contributed by atoms with Crippen molar-refractivity contribution in [3.8, 4) is 0 Å². The Labute approximate surface area is 173 Å². The lowest BCUT2D eigenvalue weighted by Gasteiger charge is -2.27. The van der Waals surface area contributed by atoms with Crippen molar-refractivity contribution in [3.63, 3.8) is 0 Å². The van der Waals surface area contributed by atoms with Gasteiger partial charge in [0.2, 0.25) is 10.0 Å². The summed E-state index contributed by atoms with van der Waals surface area (Å²) in [5, 5.41) is 3.52. The maximum atomic E-state index is 12.8. The van der Waals surface area contributed by atoms with E-state index < -0.39 is 15.9 Å². The van der Waals surface area contributed by atoms with Crippen LogP contribution in [0.15, 0.2) is 30.5 Å². The van der Waals surface area contributed by atoms with Gasteiger partial charge in [0.05, 0.1) is 16.3 Å². The molecular formula is C19H19Cl2N3O3S. The number of anilines is 2. The molecule has 1 aliphatic carbocycles. The molecule has 1 N–H and O–H groups in total. The van der Waals surface area contributed by atoms with E-state index in [2.05, 4.69) is 10.3 Å². The van der Waals surface area contributed by atoms with E-state index in [0.717, 1.165) is 24.8 Å². The highest BCUT2D eigenvalue weighted by Gasteiger charge is 2.28. The monoisotopic (exact) mass is 439 g/mol. The number of nitrogens with zero attached hydrogens (tertiary/aromatic N) is 2. The molecule has 1 saturated carbocycles. The number of sulfonamides is 1. The second kappa shape index (κ2) is 7.54. The molecule has 1 amide bonds. The molecule has 2 fully saturated rings. The van der Waals surface area contributed by atoms with E-state index in [1.165, 1.54) is 16.6 Å². The first kappa shape index (κ1) is 19.5. The van der Waals surface area contributed by atoms with Crippen molar-refractivity contribution in [1.29, 1.82) is 0 Å². The molecule has 148 valence electrons. The number of amides is 1. The summed E-state index contributed by atoms with van der Waals surface area (Å²) in [6, 6.07) is 6.92. The molecular weight excluding hydrogens is 421 g/mol. The van der Waals surface area contributed by atoms with E-state index in [4.69, 9.17) is 23.2 Å². The summed E-state index contributed by atoms with van der Waals surface area (Å²) in [6.45, 7) is 0.344. The second-order valence-electron chi connectivity index (χ2n) is 7.12. The molecule has 0 spiro atoms. The van der Waals surface area contributed by atoms with Gasteiger partial charge in [-0.05, 0) is 61.4 Å². The Morgan fingerprint density at radius 3 is 2.64 bits per heavy atom. The fourth-order valence-electron chi connectivity index (χ4n) is 3.32. The maximum Gasteiger partial charge on any atom is 0.257 e. The van der Waals surface area contributed by atoms with Gasteiger partial charge >= 0.3 is 0 Å². The third kappa shape index (κ3) is 4.11. The van der Waals surface area contributed by atoms with Crippen LogP contribution in [-0.4, -0.2) is 31.6 Å². The SMILES string of the molecule is O=C(Nc1cc(Cl)cc(C2CC2)c1)c1cc(N2CCCCS2(=O)=O)ncc1Cl. The maximum absolute atomic E-state index is 12.8. The molecule has 0 bridgehead atoms. The Morgan fingerprint density at radius 2 is 1.93 bits per heavy atom. The molecule has 4 rings (SSSR count). The number of hydrogen-bond donors (Lipinski definition) is 1. The first-order chi connectivity index (χ1) is 13.3. The highest BCUT2D eigenvalue weighted by atomic mass is 35.5. The lowest BCUT2D eigenvalue weighted by molar-refractivity contribution is 0.102. The number of hydrogen-bond acceptors (Lipinski definition) is 4. The average Bonchev–Trinajstić information content (AvgIpc) is 3.47. The van der Waals surface area contributed by atoms with Crippen molar-refractivity contribution < 1.29 is 13.2 Å². The molecule has 6 nitrogen and oxygen atoms in total. The van der Waals surface area contributed by atoms with Crippen LogP contribution in [0.1, 0.15) is 47.5 Å². The van der Waals surface area contributed by atoms with Gasteiger partial charge in [-0.15, -0.1) is 0 Å².